The summed E-state index contributed by atoms with van der Waals surface area (Å²) in [6.45, 7) is 5.01. The maximum absolute atomic E-state index is 12.0. The summed E-state index contributed by atoms with van der Waals surface area (Å²) in [6, 6.07) is 0. The van der Waals surface area contributed by atoms with Crippen LogP contribution >= 0.6 is 0 Å². The number of carbonyl (C=O) groups excluding carboxylic acids is 3. The van der Waals surface area contributed by atoms with Crippen molar-refractivity contribution >= 4 is 29.1 Å². The SMILES string of the molecule is CCC(C)(C)C(=O)OCCOC(=O)OC1C2CC(CC2C(=O)OC)C1O[SH](=O)=O. The van der Waals surface area contributed by atoms with Crippen LogP contribution in [0, 0.1) is 23.2 Å². The van der Waals surface area contributed by atoms with Gasteiger partial charge in [-0.25, -0.2) is 13.2 Å². The van der Waals surface area contributed by atoms with Gasteiger partial charge in [0.15, 0.2) is 0 Å². The molecule has 0 saturated heterocycles. The number of methoxy groups -OCH3 is 1. The maximum atomic E-state index is 12.0. The highest BCUT2D eigenvalue weighted by molar-refractivity contribution is 7.67. The molecule has 0 spiro atoms. The van der Waals surface area contributed by atoms with Crippen molar-refractivity contribution in [1.82, 2.24) is 0 Å². The van der Waals surface area contributed by atoms with Crippen molar-refractivity contribution in [2.75, 3.05) is 20.3 Å². The van der Waals surface area contributed by atoms with E-state index < -0.39 is 58.5 Å². The summed E-state index contributed by atoms with van der Waals surface area (Å²) < 4.78 is 47.0. The Morgan fingerprint density at radius 1 is 1.03 bits per heavy atom. The monoisotopic (exact) mass is 436 g/mol. The first-order valence-corrected chi connectivity index (χ1v) is 10.6. The van der Waals surface area contributed by atoms with Crippen LogP contribution < -0.4 is 0 Å². The molecule has 0 amide bonds. The van der Waals surface area contributed by atoms with Gasteiger partial charge >= 0.3 is 18.1 Å². The van der Waals surface area contributed by atoms with Crippen molar-refractivity contribution in [1.29, 1.82) is 0 Å². The topological polar surface area (TPSA) is 132 Å². The second-order valence-corrected chi connectivity index (χ2v) is 8.53. The number of esters is 2. The zero-order chi connectivity index (χ0) is 21.8. The average molecular weight is 436 g/mol. The van der Waals surface area contributed by atoms with E-state index in [2.05, 4.69) is 0 Å². The first-order chi connectivity index (χ1) is 13.6. The summed E-state index contributed by atoms with van der Waals surface area (Å²) in [5.41, 5.74) is -0.633. The fourth-order valence-electron chi connectivity index (χ4n) is 3.82. The van der Waals surface area contributed by atoms with E-state index >= 15 is 0 Å². The number of fused-ring (bicyclic) bond motifs is 2. The van der Waals surface area contributed by atoms with Crippen LogP contribution in [0.5, 0.6) is 0 Å². The number of hydrogen-bond donors (Lipinski definition) is 1. The molecule has 0 aliphatic heterocycles. The molecule has 10 nitrogen and oxygen atoms in total. The standard InChI is InChI=1S/C18H28O10S/c1-5-18(2,3)16(20)25-6-7-26-17(21)27-14-11-8-10(13(14)28-29(22)23)9-12(11)15(19)24-4/h10-14,29H,5-9H2,1-4H3. The molecule has 2 rings (SSSR count). The minimum Gasteiger partial charge on any atom is -0.469 e. The van der Waals surface area contributed by atoms with Crippen LogP contribution in [0.25, 0.3) is 0 Å². The molecule has 0 aromatic rings. The normalized spacial score (nSPS) is 28.2. The molecule has 5 unspecified atom stereocenters. The van der Waals surface area contributed by atoms with Gasteiger partial charge in [-0.2, -0.15) is 0 Å². The Labute approximate surface area is 171 Å². The molecule has 5 atom stereocenters. The number of hydrogen-bond acceptors (Lipinski definition) is 10. The molecule has 11 heteroatoms. The fourth-order valence-corrected chi connectivity index (χ4v) is 4.31. The van der Waals surface area contributed by atoms with Crippen LogP contribution in [0.2, 0.25) is 0 Å². The van der Waals surface area contributed by atoms with Crippen LogP contribution in [-0.4, -0.2) is 59.0 Å². The Morgan fingerprint density at radius 2 is 1.69 bits per heavy atom. The van der Waals surface area contributed by atoms with Crippen LogP contribution in [0.4, 0.5) is 4.79 Å². The highest BCUT2D eigenvalue weighted by Gasteiger charge is 2.58. The van der Waals surface area contributed by atoms with Gasteiger partial charge < -0.3 is 18.9 Å². The second kappa shape index (κ2) is 9.75. The van der Waals surface area contributed by atoms with E-state index in [-0.39, 0.29) is 19.1 Å². The molecule has 166 valence electrons. The Balaban J connectivity index is 1.89. The summed E-state index contributed by atoms with van der Waals surface area (Å²) in [7, 11) is -1.88. The summed E-state index contributed by atoms with van der Waals surface area (Å²) in [6.07, 6.45) is -1.37. The summed E-state index contributed by atoms with van der Waals surface area (Å²) in [4.78, 5) is 35.9. The highest BCUT2D eigenvalue weighted by atomic mass is 32.2. The summed E-state index contributed by atoms with van der Waals surface area (Å²) >= 11 is 0. The summed E-state index contributed by atoms with van der Waals surface area (Å²) in [5, 5.41) is 0. The third-order valence-electron chi connectivity index (χ3n) is 5.78. The lowest BCUT2D eigenvalue weighted by Gasteiger charge is -2.32. The molecule has 29 heavy (non-hydrogen) atoms. The Morgan fingerprint density at radius 3 is 2.28 bits per heavy atom. The van der Waals surface area contributed by atoms with E-state index in [1.54, 1.807) is 13.8 Å². The minimum absolute atomic E-state index is 0.134. The zero-order valence-corrected chi connectivity index (χ0v) is 17.8. The van der Waals surface area contributed by atoms with Crippen molar-refractivity contribution in [3.63, 3.8) is 0 Å². The van der Waals surface area contributed by atoms with Crippen molar-refractivity contribution < 1.29 is 45.9 Å². The van der Waals surface area contributed by atoms with E-state index in [1.807, 2.05) is 6.92 Å². The largest absolute Gasteiger partial charge is 0.508 e. The molecule has 0 heterocycles. The van der Waals surface area contributed by atoms with Gasteiger partial charge in [-0.15, -0.1) is 0 Å². The number of thiol groups is 1. The number of ether oxygens (including phenoxy) is 4. The Bertz CT molecular complexity index is 693. The minimum atomic E-state index is -3.15. The summed E-state index contributed by atoms with van der Waals surface area (Å²) in [5.74, 6) is -1.99. The van der Waals surface area contributed by atoms with E-state index in [1.165, 1.54) is 7.11 Å². The van der Waals surface area contributed by atoms with Crippen molar-refractivity contribution in [2.45, 2.75) is 52.2 Å². The third-order valence-corrected chi connectivity index (χ3v) is 6.19. The van der Waals surface area contributed by atoms with E-state index in [9.17, 15) is 22.8 Å². The Hall–Kier alpha value is -1.88. The fraction of sp³-hybridized carbons (Fsp3) is 0.833. The highest BCUT2D eigenvalue weighted by Crippen LogP contribution is 2.51. The molecular formula is C18H28O10S. The van der Waals surface area contributed by atoms with Crippen LogP contribution in [-0.2, 0) is 43.7 Å². The van der Waals surface area contributed by atoms with E-state index in [0.29, 0.717) is 19.3 Å². The van der Waals surface area contributed by atoms with Gasteiger partial charge in [0.2, 0.25) is 0 Å². The molecule has 2 aliphatic carbocycles. The second-order valence-electron chi connectivity index (χ2n) is 7.87. The van der Waals surface area contributed by atoms with Crippen LogP contribution in [0.1, 0.15) is 40.0 Å². The van der Waals surface area contributed by atoms with Gasteiger partial charge in [0.1, 0.15) is 25.4 Å². The molecule has 0 N–H and O–H groups in total. The van der Waals surface area contributed by atoms with Crippen molar-refractivity contribution in [2.24, 2.45) is 23.2 Å². The van der Waals surface area contributed by atoms with E-state index in [0.717, 1.165) is 0 Å². The number of carbonyl (C=O) groups is 3. The van der Waals surface area contributed by atoms with Gasteiger partial charge in [-0.05, 0) is 39.0 Å². The smallest absolute Gasteiger partial charge is 0.469 e. The van der Waals surface area contributed by atoms with Crippen LogP contribution in [0.15, 0.2) is 0 Å². The first kappa shape index (κ1) is 23.4. The Kier molecular flexibility index (Phi) is 7.87. The predicted octanol–water partition coefficient (Wildman–Crippen LogP) is 1.23. The first-order valence-electron chi connectivity index (χ1n) is 9.50. The molecule has 2 saturated carbocycles. The number of rotatable bonds is 9. The molecule has 0 aromatic carbocycles. The lowest BCUT2D eigenvalue weighted by Crippen LogP contribution is -2.44. The molecule has 0 radical (unpaired) electrons. The van der Waals surface area contributed by atoms with Crippen molar-refractivity contribution in [3.05, 3.63) is 0 Å². The zero-order valence-electron chi connectivity index (χ0n) is 17.0. The van der Waals surface area contributed by atoms with Gasteiger partial charge in [0.25, 0.3) is 11.0 Å². The van der Waals surface area contributed by atoms with Gasteiger partial charge in [-0.1, -0.05) is 6.92 Å². The van der Waals surface area contributed by atoms with Gasteiger partial charge in [-0.3, -0.25) is 13.8 Å². The average Bonchev–Trinajstić information content (AvgIpc) is 3.23. The lowest BCUT2D eigenvalue weighted by molar-refractivity contribution is -0.155. The van der Waals surface area contributed by atoms with Crippen LogP contribution in [0.3, 0.4) is 0 Å². The van der Waals surface area contributed by atoms with Gasteiger partial charge in [0.05, 0.1) is 18.4 Å². The molecule has 2 aliphatic rings. The predicted molar refractivity (Wildman–Crippen MR) is 98.2 cm³/mol. The third kappa shape index (κ3) is 5.59. The van der Waals surface area contributed by atoms with Gasteiger partial charge in [0, 0.05) is 5.92 Å². The quantitative estimate of drug-likeness (QED) is 0.244. The van der Waals surface area contributed by atoms with Crippen molar-refractivity contribution in [3.8, 4) is 0 Å². The molecule has 0 aromatic heterocycles. The molecular weight excluding hydrogens is 408 g/mol. The van der Waals surface area contributed by atoms with E-state index in [4.69, 9.17) is 23.1 Å². The lowest BCUT2D eigenvalue weighted by atomic mass is 9.85. The molecule has 2 fully saturated rings. The maximum Gasteiger partial charge on any atom is 0.508 e. The molecule has 2 bridgehead atoms.